The van der Waals surface area contributed by atoms with Crippen LogP contribution in [0, 0.1) is 5.92 Å². The summed E-state index contributed by atoms with van der Waals surface area (Å²) in [5.74, 6) is 1.69. The summed E-state index contributed by atoms with van der Waals surface area (Å²) in [7, 11) is 0. The highest BCUT2D eigenvalue weighted by Crippen LogP contribution is 2.62. The number of allylic oxidation sites excluding steroid dienone is 2. The van der Waals surface area contributed by atoms with Gasteiger partial charge in [-0.05, 0) is 36.8 Å². The van der Waals surface area contributed by atoms with Crippen LogP contribution in [0.15, 0.2) is 35.4 Å². The van der Waals surface area contributed by atoms with Gasteiger partial charge in [0.1, 0.15) is 0 Å². The topological polar surface area (TPSA) is 0 Å². The molecule has 0 saturated heterocycles. The number of rotatable bonds is 1. The maximum Gasteiger partial charge on any atom is 0.0126 e. The first-order chi connectivity index (χ1) is 6.83. The summed E-state index contributed by atoms with van der Waals surface area (Å²) in [6.07, 6.45) is 2.53. The predicted octanol–water partition coefficient (Wildman–Crippen LogP) is 3.68. The first-order valence-electron chi connectivity index (χ1n) is 5.60. The van der Waals surface area contributed by atoms with E-state index in [2.05, 4.69) is 38.1 Å². The maximum absolute atomic E-state index is 2.32. The van der Waals surface area contributed by atoms with E-state index in [1.54, 1.807) is 22.3 Å². The van der Waals surface area contributed by atoms with Crippen LogP contribution in [-0.4, -0.2) is 0 Å². The molecule has 1 aromatic rings. The second-order valence-electron chi connectivity index (χ2n) is 4.58. The van der Waals surface area contributed by atoms with Gasteiger partial charge in [0, 0.05) is 5.92 Å². The summed E-state index contributed by atoms with van der Waals surface area (Å²) in [5, 5.41) is 0. The molecule has 0 bridgehead atoms. The largest absolute Gasteiger partial charge is 0.0734 e. The van der Waals surface area contributed by atoms with Crippen LogP contribution in [0.2, 0.25) is 0 Å². The van der Waals surface area contributed by atoms with E-state index in [4.69, 9.17) is 0 Å². The second kappa shape index (κ2) is 2.73. The molecule has 0 spiro atoms. The van der Waals surface area contributed by atoms with Crippen molar-refractivity contribution in [1.29, 1.82) is 0 Å². The van der Waals surface area contributed by atoms with Gasteiger partial charge in [-0.3, -0.25) is 0 Å². The van der Waals surface area contributed by atoms with Crippen LogP contribution in [0.3, 0.4) is 0 Å². The van der Waals surface area contributed by atoms with E-state index in [9.17, 15) is 0 Å². The Morgan fingerprint density at radius 2 is 2.14 bits per heavy atom. The molecule has 0 heterocycles. The van der Waals surface area contributed by atoms with Crippen LogP contribution in [0.5, 0.6) is 0 Å². The molecule has 1 aromatic carbocycles. The molecule has 0 nitrogen and oxygen atoms in total. The Hall–Kier alpha value is -1.04. The summed E-state index contributed by atoms with van der Waals surface area (Å²) >= 11 is 0. The van der Waals surface area contributed by atoms with Gasteiger partial charge in [0.15, 0.2) is 0 Å². The van der Waals surface area contributed by atoms with Crippen molar-refractivity contribution in [1.82, 2.24) is 0 Å². The van der Waals surface area contributed by atoms with Gasteiger partial charge in [-0.1, -0.05) is 42.3 Å². The quantitative estimate of drug-likeness (QED) is 0.584. The van der Waals surface area contributed by atoms with Gasteiger partial charge in [0.05, 0.1) is 0 Å². The fraction of sp³-hybridized carbons (Fsp3) is 0.429. The van der Waals surface area contributed by atoms with Gasteiger partial charge in [-0.15, -0.1) is 0 Å². The van der Waals surface area contributed by atoms with Gasteiger partial charge in [-0.25, -0.2) is 0 Å². The van der Waals surface area contributed by atoms with Crippen molar-refractivity contribution in [2.75, 3.05) is 0 Å². The zero-order chi connectivity index (χ0) is 9.71. The lowest BCUT2D eigenvalue weighted by atomic mass is 10.0. The van der Waals surface area contributed by atoms with Gasteiger partial charge >= 0.3 is 0 Å². The zero-order valence-electron chi connectivity index (χ0n) is 8.88. The van der Waals surface area contributed by atoms with Crippen LogP contribution >= 0.6 is 0 Å². The Morgan fingerprint density at radius 1 is 1.36 bits per heavy atom. The Morgan fingerprint density at radius 3 is 2.93 bits per heavy atom. The SMILES string of the molecule is CC/C(C)=C1/C2Cc3ccccc3C12. The molecule has 0 radical (unpaired) electrons. The third kappa shape index (κ3) is 0.943. The van der Waals surface area contributed by atoms with E-state index in [1.165, 1.54) is 12.8 Å². The molecule has 72 valence electrons. The van der Waals surface area contributed by atoms with Crippen LogP contribution in [-0.2, 0) is 6.42 Å². The molecule has 2 atom stereocenters. The van der Waals surface area contributed by atoms with E-state index < -0.39 is 0 Å². The average molecular weight is 184 g/mol. The van der Waals surface area contributed by atoms with Crippen LogP contribution in [0.4, 0.5) is 0 Å². The molecule has 2 aliphatic carbocycles. The summed E-state index contributed by atoms with van der Waals surface area (Å²) in [6.45, 7) is 4.57. The number of hydrogen-bond donors (Lipinski definition) is 0. The normalized spacial score (nSPS) is 31.0. The lowest BCUT2D eigenvalue weighted by molar-refractivity contribution is 0.877. The molecule has 0 amide bonds. The van der Waals surface area contributed by atoms with E-state index in [-0.39, 0.29) is 0 Å². The Bertz CT molecular complexity index is 412. The van der Waals surface area contributed by atoms with E-state index >= 15 is 0 Å². The first kappa shape index (κ1) is 8.28. The molecule has 14 heavy (non-hydrogen) atoms. The maximum atomic E-state index is 2.32. The van der Waals surface area contributed by atoms with E-state index in [0.717, 1.165) is 11.8 Å². The van der Waals surface area contributed by atoms with Gasteiger partial charge < -0.3 is 0 Å². The Balaban J connectivity index is 2.02. The lowest BCUT2D eigenvalue weighted by Crippen LogP contribution is -1.87. The molecule has 0 heteroatoms. The zero-order valence-corrected chi connectivity index (χ0v) is 8.88. The van der Waals surface area contributed by atoms with Crippen molar-refractivity contribution in [2.24, 2.45) is 5.92 Å². The standard InChI is InChI=1S/C14H16/c1-3-9(2)13-12-8-10-6-4-5-7-11(10)14(12)13/h4-7,12,14H,3,8H2,1-2H3/b13-9-. The van der Waals surface area contributed by atoms with E-state index in [0.29, 0.717) is 0 Å². The molecule has 0 aromatic heterocycles. The molecular formula is C14H16. The van der Waals surface area contributed by atoms with Crippen molar-refractivity contribution in [3.05, 3.63) is 46.5 Å². The molecule has 1 fully saturated rings. The highest BCUT2D eigenvalue weighted by Gasteiger charge is 2.50. The van der Waals surface area contributed by atoms with Gasteiger partial charge in [0.25, 0.3) is 0 Å². The summed E-state index contributed by atoms with van der Waals surface area (Å²) in [4.78, 5) is 0. The predicted molar refractivity (Wildman–Crippen MR) is 59.4 cm³/mol. The third-order valence-electron chi connectivity index (χ3n) is 3.88. The molecule has 2 aliphatic rings. The second-order valence-corrected chi connectivity index (χ2v) is 4.58. The lowest BCUT2D eigenvalue weighted by Gasteiger charge is -2.03. The summed E-state index contributed by atoms with van der Waals surface area (Å²) < 4.78 is 0. The minimum Gasteiger partial charge on any atom is -0.0734 e. The third-order valence-corrected chi connectivity index (χ3v) is 3.88. The van der Waals surface area contributed by atoms with Crippen LogP contribution in [0.25, 0.3) is 0 Å². The molecular weight excluding hydrogens is 168 g/mol. The van der Waals surface area contributed by atoms with Gasteiger partial charge in [-0.2, -0.15) is 0 Å². The Labute approximate surface area is 85.6 Å². The van der Waals surface area contributed by atoms with Crippen molar-refractivity contribution in [2.45, 2.75) is 32.6 Å². The summed E-state index contributed by atoms with van der Waals surface area (Å²) in [6, 6.07) is 8.95. The molecule has 3 rings (SSSR count). The average Bonchev–Trinajstić information content (AvgIpc) is 2.81. The summed E-state index contributed by atoms with van der Waals surface area (Å²) in [5.41, 5.74) is 6.59. The fourth-order valence-electron chi connectivity index (χ4n) is 2.98. The minimum atomic E-state index is 0.811. The monoisotopic (exact) mass is 184 g/mol. The van der Waals surface area contributed by atoms with Crippen LogP contribution in [0.1, 0.15) is 37.3 Å². The van der Waals surface area contributed by atoms with Crippen molar-refractivity contribution >= 4 is 0 Å². The number of benzene rings is 1. The highest BCUT2D eigenvalue weighted by molar-refractivity contribution is 5.56. The van der Waals surface area contributed by atoms with Gasteiger partial charge in [0.2, 0.25) is 0 Å². The number of fused-ring (bicyclic) bond motifs is 3. The minimum absolute atomic E-state index is 0.811. The van der Waals surface area contributed by atoms with Crippen molar-refractivity contribution < 1.29 is 0 Å². The molecule has 2 unspecified atom stereocenters. The van der Waals surface area contributed by atoms with Crippen molar-refractivity contribution in [3.8, 4) is 0 Å². The van der Waals surface area contributed by atoms with Crippen molar-refractivity contribution in [3.63, 3.8) is 0 Å². The fourth-order valence-corrected chi connectivity index (χ4v) is 2.98. The van der Waals surface area contributed by atoms with Crippen LogP contribution < -0.4 is 0 Å². The highest BCUT2D eigenvalue weighted by atomic mass is 14.5. The molecule has 0 N–H and O–H groups in total. The first-order valence-corrected chi connectivity index (χ1v) is 5.60. The van der Waals surface area contributed by atoms with E-state index in [1.807, 2.05) is 0 Å². The smallest absolute Gasteiger partial charge is 0.0126 e. The molecule has 0 aliphatic heterocycles. The Kier molecular flexibility index (Phi) is 1.61. The molecule has 1 saturated carbocycles. The number of hydrogen-bond acceptors (Lipinski definition) is 0.